The van der Waals surface area contributed by atoms with Gasteiger partial charge in [-0.15, -0.1) is 0 Å². The average Bonchev–Trinajstić information content (AvgIpc) is 2.43. The zero-order chi connectivity index (χ0) is 14.8. The minimum atomic E-state index is -0.605. The van der Waals surface area contributed by atoms with Crippen molar-refractivity contribution >= 4 is 27.8 Å². The van der Waals surface area contributed by atoms with Crippen LogP contribution < -0.4 is 10.1 Å². The van der Waals surface area contributed by atoms with Gasteiger partial charge in [0.25, 0.3) is 5.91 Å². The molecule has 7 heteroatoms. The van der Waals surface area contributed by atoms with E-state index in [-0.39, 0.29) is 19.1 Å². The highest BCUT2D eigenvalue weighted by Gasteiger charge is 2.08. The van der Waals surface area contributed by atoms with Gasteiger partial charge in [-0.3, -0.25) is 4.79 Å². The van der Waals surface area contributed by atoms with Crippen LogP contribution in [-0.4, -0.2) is 45.4 Å². The van der Waals surface area contributed by atoms with Gasteiger partial charge in [0.2, 0.25) is 0 Å². The van der Waals surface area contributed by atoms with Crippen LogP contribution in [0.3, 0.4) is 0 Å². The Kier molecular flexibility index (Phi) is 7.67. The molecule has 1 aromatic rings. The molecule has 0 saturated carbocycles. The van der Waals surface area contributed by atoms with Gasteiger partial charge in [-0.1, -0.05) is 22.0 Å². The Morgan fingerprint density at radius 2 is 2.10 bits per heavy atom. The monoisotopic (exact) mass is 345 g/mol. The molecular weight excluding hydrogens is 330 g/mol. The minimum Gasteiger partial charge on any atom is -0.482 e. The predicted octanol–water partition coefficient (Wildman–Crippen LogP) is 1.13. The van der Waals surface area contributed by atoms with Crippen LogP contribution in [0.15, 0.2) is 28.7 Å². The van der Waals surface area contributed by atoms with Crippen LogP contribution in [0.25, 0.3) is 0 Å². The molecule has 0 aliphatic carbocycles. The van der Waals surface area contributed by atoms with E-state index in [0.29, 0.717) is 18.9 Å². The van der Waals surface area contributed by atoms with Crippen LogP contribution in [0.4, 0.5) is 0 Å². The lowest BCUT2D eigenvalue weighted by Crippen LogP contribution is -2.32. The fourth-order valence-corrected chi connectivity index (χ4v) is 1.61. The lowest BCUT2D eigenvalue weighted by molar-refractivity contribution is -0.150. The van der Waals surface area contributed by atoms with Gasteiger partial charge < -0.3 is 19.5 Å². The van der Waals surface area contributed by atoms with Crippen molar-refractivity contribution in [3.63, 3.8) is 0 Å². The summed E-state index contributed by atoms with van der Waals surface area (Å²) in [6.45, 7) is 0.208. The van der Waals surface area contributed by atoms with Crippen LogP contribution >= 0.6 is 15.9 Å². The number of carbonyl (C=O) groups is 2. The van der Waals surface area contributed by atoms with Gasteiger partial charge in [0.15, 0.2) is 13.2 Å². The number of benzene rings is 1. The molecule has 1 rings (SSSR count). The first-order valence-corrected chi connectivity index (χ1v) is 6.70. The molecule has 0 atom stereocenters. The zero-order valence-electron chi connectivity index (χ0n) is 11.1. The number of esters is 1. The maximum atomic E-state index is 11.4. The Balaban J connectivity index is 2.19. The number of hydrogen-bond donors (Lipinski definition) is 1. The number of amides is 1. The lowest BCUT2D eigenvalue weighted by atomic mass is 10.3. The normalized spacial score (nSPS) is 9.90. The summed E-state index contributed by atoms with van der Waals surface area (Å²) in [4.78, 5) is 22.6. The molecule has 0 radical (unpaired) electrons. The topological polar surface area (TPSA) is 73.9 Å². The summed E-state index contributed by atoms with van der Waals surface area (Å²) in [6, 6.07) is 7.07. The zero-order valence-corrected chi connectivity index (χ0v) is 12.6. The van der Waals surface area contributed by atoms with Gasteiger partial charge in [-0.2, -0.15) is 0 Å². The maximum absolute atomic E-state index is 11.4. The third-order valence-electron chi connectivity index (χ3n) is 2.15. The largest absolute Gasteiger partial charge is 0.482 e. The van der Waals surface area contributed by atoms with Crippen molar-refractivity contribution < 1.29 is 23.8 Å². The highest BCUT2D eigenvalue weighted by molar-refractivity contribution is 9.10. The summed E-state index contributed by atoms with van der Waals surface area (Å²) in [5.41, 5.74) is 0. The number of ether oxygens (including phenoxy) is 3. The van der Waals surface area contributed by atoms with E-state index >= 15 is 0 Å². The number of nitrogens with one attached hydrogen (secondary N) is 1. The highest BCUT2D eigenvalue weighted by Crippen LogP contribution is 2.17. The SMILES string of the molecule is COCCNC(=O)COC(=O)COc1cccc(Br)c1. The first kappa shape index (κ1) is 16.5. The summed E-state index contributed by atoms with van der Waals surface area (Å²) < 4.78 is 15.6. The minimum absolute atomic E-state index is 0.248. The second kappa shape index (κ2) is 9.33. The van der Waals surface area contributed by atoms with Gasteiger partial charge >= 0.3 is 5.97 Å². The number of carbonyl (C=O) groups excluding carboxylic acids is 2. The van der Waals surface area contributed by atoms with Crippen molar-refractivity contribution in [2.75, 3.05) is 33.5 Å². The summed E-state index contributed by atoms with van der Waals surface area (Å²) in [6.07, 6.45) is 0. The maximum Gasteiger partial charge on any atom is 0.344 e. The van der Waals surface area contributed by atoms with Gasteiger partial charge in [-0.25, -0.2) is 4.79 Å². The molecule has 1 aromatic carbocycles. The van der Waals surface area contributed by atoms with Gasteiger partial charge in [0.05, 0.1) is 6.61 Å². The van der Waals surface area contributed by atoms with Gasteiger partial charge in [-0.05, 0) is 18.2 Å². The number of methoxy groups -OCH3 is 1. The molecule has 1 amide bonds. The summed E-state index contributed by atoms with van der Waals surface area (Å²) in [5.74, 6) is -0.439. The summed E-state index contributed by atoms with van der Waals surface area (Å²) in [5, 5.41) is 2.53. The van der Waals surface area contributed by atoms with Crippen molar-refractivity contribution in [1.29, 1.82) is 0 Å². The Morgan fingerprint density at radius 1 is 1.30 bits per heavy atom. The van der Waals surface area contributed by atoms with Crippen molar-refractivity contribution in [2.45, 2.75) is 0 Å². The van der Waals surface area contributed by atoms with Crippen LogP contribution in [0.5, 0.6) is 5.75 Å². The molecule has 0 saturated heterocycles. The van der Waals surface area contributed by atoms with E-state index in [4.69, 9.17) is 14.2 Å². The molecule has 0 aliphatic rings. The van der Waals surface area contributed by atoms with Crippen LogP contribution in [0, 0.1) is 0 Å². The van der Waals surface area contributed by atoms with E-state index in [1.165, 1.54) is 7.11 Å². The number of hydrogen-bond acceptors (Lipinski definition) is 5. The van der Waals surface area contributed by atoms with Crippen molar-refractivity contribution in [1.82, 2.24) is 5.32 Å². The van der Waals surface area contributed by atoms with E-state index in [0.717, 1.165) is 4.47 Å². The molecule has 6 nitrogen and oxygen atoms in total. The quantitative estimate of drug-likeness (QED) is 0.564. The number of rotatable bonds is 8. The van der Waals surface area contributed by atoms with Crippen molar-refractivity contribution in [3.8, 4) is 5.75 Å². The standard InChI is InChI=1S/C13H16BrNO5/c1-18-6-5-15-12(16)8-20-13(17)9-19-11-4-2-3-10(14)7-11/h2-4,7H,5-6,8-9H2,1H3,(H,15,16). The molecule has 0 aliphatic heterocycles. The molecule has 0 spiro atoms. The third-order valence-corrected chi connectivity index (χ3v) is 2.64. The van der Waals surface area contributed by atoms with Gasteiger partial charge in [0.1, 0.15) is 5.75 Å². The van der Waals surface area contributed by atoms with Crippen LogP contribution in [-0.2, 0) is 19.1 Å². The molecule has 1 N–H and O–H groups in total. The highest BCUT2D eigenvalue weighted by atomic mass is 79.9. The Hall–Kier alpha value is -1.60. The molecule has 110 valence electrons. The Morgan fingerprint density at radius 3 is 2.80 bits per heavy atom. The van der Waals surface area contributed by atoms with Gasteiger partial charge in [0, 0.05) is 18.1 Å². The third kappa shape index (κ3) is 7.10. The predicted molar refractivity (Wildman–Crippen MR) is 75.5 cm³/mol. The first-order chi connectivity index (χ1) is 9.61. The average molecular weight is 346 g/mol. The van der Waals surface area contributed by atoms with E-state index in [2.05, 4.69) is 21.2 Å². The molecule has 0 fully saturated rings. The molecule has 0 heterocycles. The van der Waals surface area contributed by atoms with E-state index < -0.39 is 5.97 Å². The molecule has 0 unspecified atom stereocenters. The number of halogens is 1. The van der Waals surface area contributed by atoms with E-state index in [1.54, 1.807) is 18.2 Å². The fourth-order valence-electron chi connectivity index (χ4n) is 1.23. The van der Waals surface area contributed by atoms with E-state index in [9.17, 15) is 9.59 Å². The summed E-state index contributed by atoms with van der Waals surface area (Å²) >= 11 is 3.29. The molecule has 20 heavy (non-hydrogen) atoms. The Labute approximate surface area is 125 Å². The lowest BCUT2D eigenvalue weighted by Gasteiger charge is -2.07. The second-order valence-electron chi connectivity index (χ2n) is 3.75. The van der Waals surface area contributed by atoms with Crippen LogP contribution in [0.2, 0.25) is 0 Å². The summed E-state index contributed by atoms with van der Waals surface area (Å²) in [7, 11) is 1.53. The van der Waals surface area contributed by atoms with Crippen LogP contribution in [0.1, 0.15) is 0 Å². The van der Waals surface area contributed by atoms with Crippen molar-refractivity contribution in [3.05, 3.63) is 28.7 Å². The molecule has 0 aromatic heterocycles. The Bertz CT molecular complexity index is 452. The van der Waals surface area contributed by atoms with Crippen molar-refractivity contribution in [2.24, 2.45) is 0 Å². The van der Waals surface area contributed by atoms with E-state index in [1.807, 2.05) is 6.07 Å². The molecular formula is C13H16BrNO5. The smallest absolute Gasteiger partial charge is 0.344 e. The first-order valence-electron chi connectivity index (χ1n) is 5.91. The fraction of sp³-hybridized carbons (Fsp3) is 0.385. The molecule has 0 bridgehead atoms. The second-order valence-corrected chi connectivity index (χ2v) is 4.67.